The minimum absolute atomic E-state index is 0.00737. The maximum atomic E-state index is 15.2. The van der Waals surface area contributed by atoms with E-state index < -0.39 is 103 Å². The summed E-state index contributed by atoms with van der Waals surface area (Å²) in [7, 11) is 0. The fourth-order valence-corrected chi connectivity index (χ4v) is 9.80. The summed E-state index contributed by atoms with van der Waals surface area (Å²) in [6.07, 6.45) is 4.56. The number of unbranched alkanes of at least 4 members (excludes halogenated alkanes) is 2. The zero-order valence-electron chi connectivity index (χ0n) is 40.6. The average Bonchev–Trinajstić information content (AvgIpc) is 3.98. The van der Waals surface area contributed by atoms with E-state index in [0.717, 1.165) is 4.90 Å². The Hall–Kier alpha value is -7.89. The molecular weight excluding hydrogens is 1000 g/mol. The first-order valence-corrected chi connectivity index (χ1v) is 24.7. The molecule has 8 rings (SSSR count). The fraction of sp³-hybridized carbons (Fsp3) is 0.392. The first-order valence-electron chi connectivity index (χ1n) is 24.3. The number of aromatic nitrogens is 2. The number of aryl methyl sites for hydroxylation is 1. The van der Waals surface area contributed by atoms with E-state index in [2.05, 4.69) is 31.9 Å². The van der Waals surface area contributed by atoms with Crippen molar-refractivity contribution < 1.29 is 62.1 Å². The van der Waals surface area contributed by atoms with Crippen LogP contribution in [0.2, 0.25) is 5.02 Å². The Morgan fingerprint density at radius 3 is 2.33 bits per heavy atom. The van der Waals surface area contributed by atoms with Crippen LogP contribution in [0.25, 0.3) is 22.3 Å². The van der Waals surface area contributed by atoms with Gasteiger partial charge in [0, 0.05) is 54.1 Å². The molecule has 4 aromatic rings. The van der Waals surface area contributed by atoms with Crippen molar-refractivity contribution in [2.75, 3.05) is 39.5 Å². The van der Waals surface area contributed by atoms with E-state index in [1.165, 1.54) is 28.9 Å². The average molecular weight is 1050 g/mol. The molecule has 0 spiro atoms. The maximum absolute atomic E-state index is 15.2. The number of aliphatic hydroxyl groups is 1. The van der Waals surface area contributed by atoms with Gasteiger partial charge in [0.2, 0.25) is 35.4 Å². The number of carbonyl (C=O) groups excluding carboxylic acids is 9. The van der Waals surface area contributed by atoms with E-state index in [0.29, 0.717) is 58.3 Å². The number of fused-ring (bicyclic) bond motifs is 5. The van der Waals surface area contributed by atoms with Gasteiger partial charge in [-0.1, -0.05) is 55.3 Å². The number of nitrogens with zero attached hydrogens (tertiary/aromatic N) is 3. The number of carbonyl (C=O) groups is 9. The lowest BCUT2D eigenvalue weighted by atomic mass is 9.83. The molecule has 3 atom stereocenters. The fourth-order valence-electron chi connectivity index (χ4n) is 9.56. The highest BCUT2D eigenvalue weighted by molar-refractivity contribution is 6.32. The molecule has 5 heterocycles. The van der Waals surface area contributed by atoms with Gasteiger partial charge in [-0.15, -0.1) is 0 Å². The summed E-state index contributed by atoms with van der Waals surface area (Å²) >= 11 is 6.48. The summed E-state index contributed by atoms with van der Waals surface area (Å²) in [4.78, 5) is 133. The number of amides is 8. The zero-order chi connectivity index (χ0) is 53.6. The van der Waals surface area contributed by atoms with E-state index in [9.17, 15) is 53.1 Å². The molecule has 75 heavy (non-hydrogen) atoms. The molecule has 8 amide bonds. The van der Waals surface area contributed by atoms with Gasteiger partial charge in [-0.3, -0.25) is 48.1 Å². The van der Waals surface area contributed by atoms with Crippen molar-refractivity contribution >= 4 is 75.7 Å². The number of nitrogens with one attached hydrogen (secondary N) is 6. The van der Waals surface area contributed by atoms with Gasteiger partial charge in [0.05, 0.1) is 59.7 Å². The number of cyclic esters (lactones) is 1. The molecule has 24 heteroatoms. The van der Waals surface area contributed by atoms with Crippen molar-refractivity contribution in [3.8, 4) is 11.4 Å². The van der Waals surface area contributed by atoms with Gasteiger partial charge in [-0.2, -0.15) is 0 Å². The number of hydrogen-bond donors (Lipinski definition) is 7. The molecule has 0 saturated heterocycles. The Morgan fingerprint density at radius 1 is 0.880 bits per heavy atom. The van der Waals surface area contributed by atoms with Crippen molar-refractivity contribution in [2.24, 2.45) is 0 Å². The van der Waals surface area contributed by atoms with Crippen LogP contribution in [0, 0.1) is 5.82 Å². The molecular formula is C51H53ClFN9O13. The number of pyridine rings is 2. The number of imide groups is 1. The van der Waals surface area contributed by atoms with Crippen LogP contribution >= 0.6 is 11.6 Å². The van der Waals surface area contributed by atoms with Crippen LogP contribution in [0.15, 0.2) is 59.4 Å². The standard InChI is InChI=1S/C51H53ClFN9O13/c1-2-51(73)31-18-36-47-29(23-62(36)49(71)30(31)24-75-50(51)72)45-33(13-12-28-44(45)34(60-47)19-32(53)46(28)52)58-41(67)25-74-26-57-39(65)21-56-48(70)35(17-27-9-5-3-6-10-27)59-40(66)22-55-38(64)20-54-37(63)11-7-4-8-16-61-42(68)14-15-43(61)69/h3,5-6,9-10,14-15,18-19,33,35,73H,2,4,7-8,11-13,16-17,20-26H2,1H3,(H,54,63)(H,55,64)(H,56,70)(H,57,65)(H,58,67)(H,59,66)/t33-,35+,51+/m1/s1. The lowest BCUT2D eigenvalue weighted by molar-refractivity contribution is -0.172. The second-order valence-electron chi connectivity index (χ2n) is 18.3. The molecule has 2 aromatic carbocycles. The monoisotopic (exact) mass is 1050 g/mol. The van der Waals surface area contributed by atoms with Crippen molar-refractivity contribution in [3.05, 3.63) is 109 Å². The molecule has 22 nitrogen and oxygen atoms in total. The van der Waals surface area contributed by atoms with Gasteiger partial charge >= 0.3 is 5.97 Å². The highest BCUT2D eigenvalue weighted by atomic mass is 35.5. The lowest BCUT2D eigenvalue weighted by Crippen LogP contribution is -2.52. The van der Waals surface area contributed by atoms with E-state index in [4.69, 9.17) is 26.1 Å². The van der Waals surface area contributed by atoms with E-state index in [1.54, 1.807) is 37.3 Å². The highest BCUT2D eigenvalue weighted by Crippen LogP contribution is 2.46. The molecule has 7 N–H and O–H groups in total. The molecule has 394 valence electrons. The van der Waals surface area contributed by atoms with Crippen molar-refractivity contribution in [3.63, 3.8) is 0 Å². The normalized spacial score (nSPS) is 17.4. The molecule has 0 unspecified atom stereocenters. The number of esters is 1. The number of halogens is 2. The molecule has 1 aliphatic carbocycles. The van der Waals surface area contributed by atoms with E-state index in [-0.39, 0.29) is 85.3 Å². The van der Waals surface area contributed by atoms with Gasteiger partial charge in [0.25, 0.3) is 17.4 Å². The van der Waals surface area contributed by atoms with Crippen molar-refractivity contribution in [1.82, 2.24) is 46.4 Å². The zero-order valence-corrected chi connectivity index (χ0v) is 41.4. The second-order valence-corrected chi connectivity index (χ2v) is 18.7. The van der Waals surface area contributed by atoms with Gasteiger partial charge in [0.1, 0.15) is 31.8 Å². The van der Waals surface area contributed by atoms with Gasteiger partial charge in [-0.25, -0.2) is 14.2 Å². The summed E-state index contributed by atoms with van der Waals surface area (Å²) < 4.78 is 27.3. The van der Waals surface area contributed by atoms with E-state index in [1.807, 2.05) is 0 Å². The van der Waals surface area contributed by atoms with Gasteiger partial charge in [-0.05, 0) is 54.9 Å². The summed E-state index contributed by atoms with van der Waals surface area (Å²) in [5.41, 5.74) is 0.771. The third-order valence-electron chi connectivity index (χ3n) is 13.4. The summed E-state index contributed by atoms with van der Waals surface area (Å²) in [5, 5.41) is 27.0. The van der Waals surface area contributed by atoms with Gasteiger partial charge in [0.15, 0.2) is 5.60 Å². The molecule has 0 radical (unpaired) electrons. The lowest BCUT2D eigenvalue weighted by Gasteiger charge is -2.31. The van der Waals surface area contributed by atoms with Crippen LogP contribution in [0.4, 0.5) is 4.39 Å². The van der Waals surface area contributed by atoms with Crippen LogP contribution in [0.3, 0.4) is 0 Å². The van der Waals surface area contributed by atoms with Gasteiger partial charge < -0.3 is 51.0 Å². The number of ether oxygens (including phenoxy) is 2. The first kappa shape index (κ1) is 53.4. The molecule has 3 aliphatic heterocycles. The van der Waals surface area contributed by atoms with Crippen LogP contribution in [0.1, 0.15) is 84.9 Å². The van der Waals surface area contributed by atoms with Crippen LogP contribution in [-0.2, 0) is 84.2 Å². The largest absolute Gasteiger partial charge is 0.458 e. The van der Waals surface area contributed by atoms with Crippen molar-refractivity contribution in [1.29, 1.82) is 0 Å². The molecule has 0 bridgehead atoms. The molecule has 2 aromatic heterocycles. The van der Waals surface area contributed by atoms with Crippen LogP contribution < -0.4 is 37.5 Å². The van der Waals surface area contributed by atoms with Crippen molar-refractivity contribution in [2.45, 2.75) is 89.1 Å². The Kier molecular flexibility index (Phi) is 16.5. The minimum Gasteiger partial charge on any atom is -0.458 e. The quantitative estimate of drug-likeness (QED) is 0.0217. The minimum atomic E-state index is -2.07. The molecule has 4 aliphatic rings. The Bertz CT molecular complexity index is 3090. The second kappa shape index (κ2) is 23.1. The number of benzene rings is 2. The highest BCUT2D eigenvalue weighted by Gasteiger charge is 2.46. The maximum Gasteiger partial charge on any atom is 0.343 e. The Balaban J connectivity index is 0.805. The van der Waals surface area contributed by atoms with Crippen LogP contribution in [0.5, 0.6) is 0 Å². The number of hydrogen-bond acceptors (Lipinski definition) is 14. The van der Waals surface area contributed by atoms with Crippen LogP contribution in [-0.4, -0.2) is 118 Å². The Labute approximate surface area is 432 Å². The topological polar surface area (TPSA) is 303 Å². The Morgan fingerprint density at radius 2 is 1.59 bits per heavy atom. The summed E-state index contributed by atoms with van der Waals surface area (Å²) in [6.45, 7) is -0.928. The summed E-state index contributed by atoms with van der Waals surface area (Å²) in [6, 6.07) is 9.58. The third-order valence-corrected chi connectivity index (χ3v) is 13.8. The first-order chi connectivity index (χ1) is 36.0. The molecule has 0 fully saturated rings. The molecule has 0 saturated carbocycles. The SMILES string of the molecule is CC[C@@]1(O)C(=O)OCc2c1cc1n(c2=O)Cc2c-1nc1cc(F)c(Cl)c3c1c2[C@H](NC(=O)COCNC(=O)CNC(=O)[C@H](Cc1ccccc1)NC(=O)CNC(=O)CNC(=O)CCCCCN1C(=O)C=CC1=O)CC3. The predicted molar refractivity (Wildman–Crippen MR) is 263 cm³/mol. The smallest absolute Gasteiger partial charge is 0.343 e. The predicted octanol–water partition coefficient (Wildman–Crippen LogP) is 0.627. The summed E-state index contributed by atoms with van der Waals surface area (Å²) in [5.74, 6) is -6.11. The van der Waals surface area contributed by atoms with E-state index >= 15 is 4.39 Å². The number of rotatable bonds is 22. The third kappa shape index (κ3) is 11.7.